The lowest BCUT2D eigenvalue weighted by atomic mass is 9.74. The maximum Gasteiger partial charge on any atom is 0.0593 e. The maximum absolute atomic E-state index is 5.56. The first-order chi connectivity index (χ1) is 10.2. The van der Waals surface area contributed by atoms with E-state index in [1.54, 1.807) is 0 Å². The number of ether oxygens (including phenoxy) is 1. The van der Waals surface area contributed by atoms with Crippen molar-refractivity contribution in [3.05, 3.63) is 35.4 Å². The molecule has 1 aromatic carbocycles. The standard InChI is InChI=1S/C19H31NO/c1-4-19(18-10-8-9-17(3)15-18)11-6-7-12-20(16-19)13-14-21-5-2/h8-10,15H,4-7,11-14,16H2,1-3H3. The van der Waals surface area contributed by atoms with Gasteiger partial charge >= 0.3 is 0 Å². The zero-order valence-corrected chi connectivity index (χ0v) is 14.0. The zero-order valence-electron chi connectivity index (χ0n) is 14.0. The number of hydrogen-bond donors (Lipinski definition) is 0. The van der Waals surface area contributed by atoms with Gasteiger partial charge in [-0.25, -0.2) is 0 Å². The molecular formula is C19H31NO. The SMILES string of the molecule is CCOCCN1CCCCC(CC)(c2cccc(C)c2)C1. The van der Waals surface area contributed by atoms with E-state index in [9.17, 15) is 0 Å². The normalized spacial score (nSPS) is 24.0. The van der Waals surface area contributed by atoms with Crippen molar-refractivity contribution in [1.29, 1.82) is 0 Å². The Labute approximate surface area is 130 Å². The first kappa shape index (κ1) is 16.5. The minimum atomic E-state index is 0.328. The van der Waals surface area contributed by atoms with Gasteiger partial charge in [0.05, 0.1) is 6.61 Å². The highest BCUT2D eigenvalue weighted by molar-refractivity contribution is 5.30. The number of hydrogen-bond acceptors (Lipinski definition) is 2. The third kappa shape index (κ3) is 4.31. The van der Waals surface area contributed by atoms with Gasteiger partial charge in [0.2, 0.25) is 0 Å². The molecule has 0 saturated carbocycles. The van der Waals surface area contributed by atoms with Crippen molar-refractivity contribution in [1.82, 2.24) is 4.90 Å². The lowest BCUT2D eigenvalue weighted by Gasteiger charge is -2.36. The molecule has 0 spiro atoms. The van der Waals surface area contributed by atoms with Crippen molar-refractivity contribution < 1.29 is 4.74 Å². The van der Waals surface area contributed by atoms with Gasteiger partial charge in [-0.1, -0.05) is 43.2 Å². The van der Waals surface area contributed by atoms with Crippen molar-refractivity contribution in [3.8, 4) is 0 Å². The van der Waals surface area contributed by atoms with Crippen LogP contribution in [0.15, 0.2) is 24.3 Å². The molecule has 2 heteroatoms. The molecule has 1 aliphatic heterocycles. The second-order valence-corrected chi connectivity index (χ2v) is 6.43. The number of rotatable bonds is 6. The molecule has 1 heterocycles. The molecule has 1 saturated heterocycles. The van der Waals surface area contributed by atoms with Crippen LogP contribution in [-0.2, 0) is 10.2 Å². The molecule has 0 aliphatic carbocycles. The number of nitrogens with zero attached hydrogens (tertiary/aromatic N) is 1. The van der Waals surface area contributed by atoms with Crippen LogP contribution in [0.4, 0.5) is 0 Å². The minimum Gasteiger partial charge on any atom is -0.380 e. The predicted molar refractivity (Wildman–Crippen MR) is 89.9 cm³/mol. The first-order valence-electron chi connectivity index (χ1n) is 8.57. The van der Waals surface area contributed by atoms with Crippen LogP contribution in [0.3, 0.4) is 0 Å². The fourth-order valence-electron chi connectivity index (χ4n) is 3.62. The lowest BCUT2D eigenvalue weighted by Crippen LogP contribution is -2.40. The number of likely N-dealkylation sites (tertiary alicyclic amines) is 1. The van der Waals surface area contributed by atoms with E-state index in [0.717, 1.165) is 19.8 Å². The van der Waals surface area contributed by atoms with E-state index in [1.165, 1.54) is 49.9 Å². The van der Waals surface area contributed by atoms with Crippen LogP contribution in [0.25, 0.3) is 0 Å². The number of aryl methyl sites for hydroxylation is 1. The van der Waals surface area contributed by atoms with Crippen molar-refractivity contribution in [3.63, 3.8) is 0 Å². The summed E-state index contributed by atoms with van der Waals surface area (Å²) in [4.78, 5) is 2.62. The van der Waals surface area contributed by atoms with Crippen LogP contribution in [0, 0.1) is 6.92 Å². The molecule has 1 aromatic rings. The van der Waals surface area contributed by atoms with Gasteiger partial charge in [0, 0.05) is 25.1 Å². The van der Waals surface area contributed by atoms with E-state index >= 15 is 0 Å². The van der Waals surface area contributed by atoms with Crippen LogP contribution in [0.2, 0.25) is 0 Å². The third-order valence-corrected chi connectivity index (χ3v) is 4.97. The molecule has 21 heavy (non-hydrogen) atoms. The summed E-state index contributed by atoms with van der Waals surface area (Å²) in [7, 11) is 0. The average Bonchev–Trinajstić information content (AvgIpc) is 2.71. The minimum absolute atomic E-state index is 0.328. The van der Waals surface area contributed by atoms with E-state index in [1.807, 2.05) is 0 Å². The Bertz CT molecular complexity index is 431. The van der Waals surface area contributed by atoms with Gasteiger partial charge < -0.3 is 9.64 Å². The van der Waals surface area contributed by atoms with Crippen LogP contribution in [0.1, 0.15) is 50.7 Å². The van der Waals surface area contributed by atoms with Gasteiger partial charge in [-0.3, -0.25) is 0 Å². The Morgan fingerprint density at radius 3 is 2.81 bits per heavy atom. The molecule has 118 valence electrons. The van der Waals surface area contributed by atoms with Crippen molar-refractivity contribution in [2.75, 3.05) is 32.8 Å². The van der Waals surface area contributed by atoms with E-state index in [0.29, 0.717) is 5.41 Å². The van der Waals surface area contributed by atoms with Crippen LogP contribution in [0.5, 0.6) is 0 Å². The summed E-state index contributed by atoms with van der Waals surface area (Å²) in [5, 5.41) is 0. The van der Waals surface area contributed by atoms with Gasteiger partial charge in [-0.2, -0.15) is 0 Å². The van der Waals surface area contributed by atoms with Crippen molar-refractivity contribution in [2.45, 2.75) is 51.9 Å². The highest BCUT2D eigenvalue weighted by atomic mass is 16.5. The molecule has 0 bridgehead atoms. The third-order valence-electron chi connectivity index (χ3n) is 4.97. The van der Waals surface area contributed by atoms with Gasteiger partial charge in [0.1, 0.15) is 0 Å². The summed E-state index contributed by atoms with van der Waals surface area (Å²) < 4.78 is 5.56. The van der Waals surface area contributed by atoms with Crippen LogP contribution < -0.4 is 0 Å². The molecule has 0 amide bonds. The topological polar surface area (TPSA) is 12.5 Å². The van der Waals surface area contributed by atoms with Gasteiger partial charge in [0.15, 0.2) is 0 Å². The Balaban J connectivity index is 2.15. The Hall–Kier alpha value is -0.860. The van der Waals surface area contributed by atoms with E-state index in [-0.39, 0.29) is 0 Å². The summed E-state index contributed by atoms with van der Waals surface area (Å²) in [5.74, 6) is 0. The average molecular weight is 289 g/mol. The summed E-state index contributed by atoms with van der Waals surface area (Å²) in [5.41, 5.74) is 3.24. The molecule has 0 aromatic heterocycles. The fourth-order valence-corrected chi connectivity index (χ4v) is 3.62. The Morgan fingerprint density at radius 2 is 2.10 bits per heavy atom. The van der Waals surface area contributed by atoms with Crippen LogP contribution in [-0.4, -0.2) is 37.7 Å². The van der Waals surface area contributed by atoms with E-state index in [4.69, 9.17) is 4.74 Å². The highest BCUT2D eigenvalue weighted by Gasteiger charge is 2.33. The zero-order chi connectivity index (χ0) is 15.1. The molecule has 1 aliphatic rings. The first-order valence-corrected chi connectivity index (χ1v) is 8.57. The molecule has 2 rings (SSSR count). The molecule has 2 nitrogen and oxygen atoms in total. The second-order valence-electron chi connectivity index (χ2n) is 6.43. The monoisotopic (exact) mass is 289 g/mol. The smallest absolute Gasteiger partial charge is 0.0593 e. The molecular weight excluding hydrogens is 258 g/mol. The summed E-state index contributed by atoms with van der Waals surface area (Å²) >= 11 is 0. The second kappa shape index (κ2) is 7.95. The summed E-state index contributed by atoms with van der Waals surface area (Å²) in [6.45, 7) is 11.8. The van der Waals surface area contributed by atoms with Gasteiger partial charge in [-0.15, -0.1) is 0 Å². The summed E-state index contributed by atoms with van der Waals surface area (Å²) in [6, 6.07) is 9.16. The molecule has 1 atom stereocenters. The van der Waals surface area contributed by atoms with Crippen LogP contribution >= 0.6 is 0 Å². The molecule has 0 N–H and O–H groups in total. The number of benzene rings is 1. The van der Waals surface area contributed by atoms with Gasteiger partial charge in [0.25, 0.3) is 0 Å². The fraction of sp³-hybridized carbons (Fsp3) is 0.684. The maximum atomic E-state index is 5.56. The Morgan fingerprint density at radius 1 is 1.24 bits per heavy atom. The van der Waals surface area contributed by atoms with Crippen molar-refractivity contribution in [2.24, 2.45) is 0 Å². The highest BCUT2D eigenvalue weighted by Crippen LogP contribution is 2.36. The van der Waals surface area contributed by atoms with Gasteiger partial charge in [-0.05, 0) is 45.2 Å². The predicted octanol–water partition coefficient (Wildman–Crippen LogP) is 4.17. The molecule has 0 radical (unpaired) electrons. The Kier molecular flexibility index (Phi) is 6.25. The lowest BCUT2D eigenvalue weighted by molar-refractivity contribution is 0.105. The molecule has 1 fully saturated rings. The quantitative estimate of drug-likeness (QED) is 0.729. The van der Waals surface area contributed by atoms with E-state index < -0.39 is 0 Å². The van der Waals surface area contributed by atoms with E-state index in [2.05, 4.69) is 49.9 Å². The summed E-state index contributed by atoms with van der Waals surface area (Å²) in [6.07, 6.45) is 5.20. The van der Waals surface area contributed by atoms with Crippen molar-refractivity contribution >= 4 is 0 Å². The largest absolute Gasteiger partial charge is 0.380 e. The molecule has 1 unspecified atom stereocenters.